The number of aromatic nitrogens is 1. The summed E-state index contributed by atoms with van der Waals surface area (Å²) in [7, 11) is -4.14. The van der Waals surface area contributed by atoms with E-state index in [1.807, 2.05) is 4.83 Å². The molecule has 1 aromatic heterocycles. The van der Waals surface area contributed by atoms with Gasteiger partial charge in [0.05, 0.1) is 10.6 Å². The molecular formula is C15H11ClFN3O3S. The minimum atomic E-state index is -4.14. The number of para-hydroxylation sites is 1. The number of hydrogen-bond donors (Lipinski definition) is 3. The Labute approximate surface area is 141 Å². The van der Waals surface area contributed by atoms with Gasteiger partial charge < -0.3 is 4.98 Å². The highest BCUT2D eigenvalue weighted by atomic mass is 35.5. The van der Waals surface area contributed by atoms with E-state index in [1.165, 1.54) is 6.20 Å². The van der Waals surface area contributed by atoms with Gasteiger partial charge in [0, 0.05) is 17.1 Å². The molecule has 3 rings (SSSR count). The number of rotatable bonds is 4. The predicted molar refractivity (Wildman–Crippen MR) is 87.5 cm³/mol. The lowest BCUT2D eigenvalue weighted by molar-refractivity contribution is 0.0947. The molecule has 0 bridgehead atoms. The third kappa shape index (κ3) is 3.12. The van der Waals surface area contributed by atoms with Gasteiger partial charge in [-0.25, -0.2) is 12.8 Å². The third-order valence-corrected chi connectivity index (χ3v) is 5.05. The lowest BCUT2D eigenvalue weighted by Gasteiger charge is -2.09. The van der Waals surface area contributed by atoms with Crippen LogP contribution in [0.3, 0.4) is 0 Å². The molecule has 0 atom stereocenters. The minimum Gasteiger partial charge on any atom is -0.360 e. The molecule has 0 aliphatic heterocycles. The van der Waals surface area contributed by atoms with Gasteiger partial charge in [0.25, 0.3) is 15.9 Å². The van der Waals surface area contributed by atoms with Crippen LogP contribution in [0.2, 0.25) is 5.02 Å². The number of hydrogen-bond acceptors (Lipinski definition) is 3. The van der Waals surface area contributed by atoms with E-state index in [-0.39, 0.29) is 15.5 Å². The Morgan fingerprint density at radius 1 is 1.17 bits per heavy atom. The number of amides is 1. The summed E-state index contributed by atoms with van der Waals surface area (Å²) < 4.78 is 37.3. The Morgan fingerprint density at radius 3 is 2.67 bits per heavy atom. The maximum Gasteiger partial charge on any atom is 0.268 e. The van der Waals surface area contributed by atoms with Crippen molar-refractivity contribution in [3.63, 3.8) is 0 Å². The molecule has 24 heavy (non-hydrogen) atoms. The fraction of sp³-hybridized carbons (Fsp3) is 0. The Balaban J connectivity index is 1.80. The van der Waals surface area contributed by atoms with Gasteiger partial charge in [0.2, 0.25) is 0 Å². The first-order valence-electron chi connectivity index (χ1n) is 6.72. The molecule has 9 heteroatoms. The molecule has 0 saturated heterocycles. The van der Waals surface area contributed by atoms with Gasteiger partial charge >= 0.3 is 0 Å². The molecular weight excluding hydrogens is 357 g/mol. The van der Waals surface area contributed by atoms with E-state index in [2.05, 4.69) is 10.4 Å². The molecule has 3 N–H and O–H groups in total. The molecule has 0 fully saturated rings. The first-order chi connectivity index (χ1) is 11.4. The fourth-order valence-electron chi connectivity index (χ4n) is 2.19. The number of carbonyl (C=O) groups is 1. The van der Waals surface area contributed by atoms with Crippen LogP contribution in [0.5, 0.6) is 0 Å². The summed E-state index contributed by atoms with van der Waals surface area (Å²) in [5.74, 6) is -1.31. The molecule has 0 unspecified atom stereocenters. The lowest BCUT2D eigenvalue weighted by atomic mass is 10.2. The SMILES string of the molecule is O=C(NNS(=O)(=O)c1ccc(F)cc1Cl)c1c[nH]c2ccccc12. The number of carbonyl (C=O) groups excluding carboxylic acids is 1. The van der Waals surface area contributed by atoms with E-state index in [0.717, 1.165) is 23.7 Å². The molecule has 1 heterocycles. The van der Waals surface area contributed by atoms with Gasteiger partial charge in [-0.2, -0.15) is 0 Å². The average molecular weight is 368 g/mol. The van der Waals surface area contributed by atoms with Crippen LogP contribution in [-0.4, -0.2) is 19.3 Å². The number of hydrazine groups is 1. The Kier molecular flexibility index (Phi) is 4.27. The second-order valence-corrected chi connectivity index (χ2v) is 6.94. The molecule has 0 spiro atoms. The van der Waals surface area contributed by atoms with E-state index in [0.29, 0.717) is 5.39 Å². The third-order valence-electron chi connectivity index (χ3n) is 3.32. The van der Waals surface area contributed by atoms with Gasteiger partial charge in [-0.1, -0.05) is 29.8 Å². The van der Waals surface area contributed by atoms with Crippen molar-refractivity contribution in [1.29, 1.82) is 0 Å². The van der Waals surface area contributed by atoms with Crippen LogP contribution in [0.25, 0.3) is 10.9 Å². The van der Waals surface area contributed by atoms with Crippen LogP contribution in [-0.2, 0) is 10.0 Å². The van der Waals surface area contributed by atoms with Crippen molar-refractivity contribution in [1.82, 2.24) is 15.2 Å². The van der Waals surface area contributed by atoms with Gasteiger partial charge in [-0.05, 0) is 24.3 Å². The van der Waals surface area contributed by atoms with Crippen molar-refractivity contribution in [3.8, 4) is 0 Å². The fourth-order valence-corrected chi connectivity index (χ4v) is 3.56. The zero-order valence-corrected chi connectivity index (χ0v) is 13.6. The summed E-state index contributed by atoms with van der Waals surface area (Å²) in [5, 5.41) is 0.359. The average Bonchev–Trinajstić information content (AvgIpc) is 2.96. The van der Waals surface area contributed by atoms with Gasteiger partial charge in [0.15, 0.2) is 0 Å². The normalized spacial score (nSPS) is 11.6. The van der Waals surface area contributed by atoms with Gasteiger partial charge in [-0.15, -0.1) is 4.83 Å². The Hall–Kier alpha value is -2.42. The molecule has 1 amide bonds. The van der Waals surface area contributed by atoms with E-state index in [4.69, 9.17) is 11.6 Å². The van der Waals surface area contributed by atoms with Crippen LogP contribution in [0, 0.1) is 5.82 Å². The van der Waals surface area contributed by atoms with Crippen LogP contribution in [0.1, 0.15) is 10.4 Å². The highest BCUT2D eigenvalue weighted by molar-refractivity contribution is 7.89. The molecule has 6 nitrogen and oxygen atoms in total. The topological polar surface area (TPSA) is 91.1 Å². The number of H-pyrrole nitrogens is 1. The summed E-state index contributed by atoms with van der Waals surface area (Å²) >= 11 is 5.73. The second-order valence-electron chi connectivity index (χ2n) is 4.88. The van der Waals surface area contributed by atoms with Crippen molar-refractivity contribution >= 4 is 38.4 Å². The number of fused-ring (bicyclic) bond motifs is 1. The van der Waals surface area contributed by atoms with Gasteiger partial charge in [0.1, 0.15) is 10.7 Å². The van der Waals surface area contributed by atoms with Crippen molar-refractivity contribution in [2.75, 3.05) is 0 Å². The first kappa shape index (κ1) is 16.4. The highest BCUT2D eigenvalue weighted by Crippen LogP contribution is 2.22. The molecule has 0 aliphatic carbocycles. The summed E-state index contributed by atoms with van der Waals surface area (Å²) in [6.07, 6.45) is 1.47. The number of benzene rings is 2. The maximum atomic E-state index is 13.0. The van der Waals surface area contributed by atoms with Crippen LogP contribution in [0.4, 0.5) is 4.39 Å². The summed E-state index contributed by atoms with van der Waals surface area (Å²) in [4.78, 5) is 16.7. The number of sulfonamides is 1. The van der Waals surface area contributed by atoms with E-state index >= 15 is 0 Å². The van der Waals surface area contributed by atoms with Crippen molar-refractivity contribution in [2.45, 2.75) is 4.90 Å². The van der Waals surface area contributed by atoms with E-state index in [1.54, 1.807) is 24.3 Å². The zero-order chi connectivity index (χ0) is 17.3. The van der Waals surface area contributed by atoms with Gasteiger partial charge in [-0.3, -0.25) is 10.2 Å². The predicted octanol–water partition coefficient (Wildman–Crippen LogP) is 2.58. The highest BCUT2D eigenvalue weighted by Gasteiger charge is 2.20. The molecule has 2 aromatic carbocycles. The monoisotopic (exact) mass is 367 g/mol. The Morgan fingerprint density at radius 2 is 1.92 bits per heavy atom. The summed E-state index contributed by atoms with van der Waals surface area (Å²) in [5.41, 5.74) is 3.13. The molecule has 0 saturated carbocycles. The summed E-state index contributed by atoms with van der Waals surface area (Å²) in [6.45, 7) is 0. The largest absolute Gasteiger partial charge is 0.360 e. The molecule has 0 radical (unpaired) electrons. The van der Waals surface area contributed by atoms with Crippen molar-refractivity contribution in [2.24, 2.45) is 0 Å². The zero-order valence-electron chi connectivity index (χ0n) is 12.0. The maximum absolute atomic E-state index is 13.0. The standard InChI is InChI=1S/C15H11ClFN3O3S/c16-12-7-9(17)5-6-14(12)24(22,23)20-19-15(21)11-8-18-13-4-2-1-3-10(11)13/h1-8,18,20H,(H,19,21). The molecule has 0 aliphatic rings. The van der Waals surface area contributed by atoms with E-state index in [9.17, 15) is 17.6 Å². The van der Waals surface area contributed by atoms with Crippen LogP contribution in [0.15, 0.2) is 53.6 Å². The quantitative estimate of drug-likeness (QED) is 0.619. The number of nitrogens with one attached hydrogen (secondary N) is 3. The molecule has 3 aromatic rings. The van der Waals surface area contributed by atoms with Crippen LogP contribution >= 0.6 is 11.6 Å². The smallest absolute Gasteiger partial charge is 0.268 e. The lowest BCUT2D eigenvalue weighted by Crippen LogP contribution is -2.41. The van der Waals surface area contributed by atoms with Crippen molar-refractivity contribution in [3.05, 3.63) is 65.1 Å². The van der Waals surface area contributed by atoms with E-state index < -0.39 is 21.7 Å². The van der Waals surface area contributed by atoms with Crippen molar-refractivity contribution < 1.29 is 17.6 Å². The first-order valence-corrected chi connectivity index (χ1v) is 8.58. The minimum absolute atomic E-state index is 0.276. The number of aromatic amines is 1. The number of halogens is 2. The van der Waals surface area contributed by atoms with Crippen LogP contribution < -0.4 is 10.3 Å². The Bertz CT molecular complexity index is 1030. The second kappa shape index (κ2) is 6.23. The molecule has 124 valence electrons. The summed E-state index contributed by atoms with van der Waals surface area (Å²) in [6, 6.07) is 9.92.